The van der Waals surface area contributed by atoms with Crippen molar-refractivity contribution in [3.05, 3.63) is 17.6 Å². The van der Waals surface area contributed by atoms with E-state index < -0.39 is 11.2 Å². The molecule has 5 heteroatoms. The molecular weight excluding hydrogens is 236 g/mol. The molecule has 4 nitrogen and oxygen atoms in total. The highest BCUT2D eigenvalue weighted by Crippen LogP contribution is 2.33. The third kappa shape index (κ3) is 2.60. The molecule has 1 unspecified atom stereocenters. The molecule has 0 amide bonds. The fourth-order valence-corrected chi connectivity index (χ4v) is 3.11. The molecular formula is C12H16N2O2S. The van der Waals surface area contributed by atoms with E-state index in [2.05, 4.69) is 9.97 Å². The predicted molar refractivity (Wildman–Crippen MR) is 66.2 cm³/mol. The molecule has 1 atom stereocenters. The van der Waals surface area contributed by atoms with Crippen molar-refractivity contribution < 1.29 is 9.90 Å². The average molecular weight is 252 g/mol. The van der Waals surface area contributed by atoms with Crippen molar-refractivity contribution in [2.45, 2.75) is 43.4 Å². The quantitative estimate of drug-likeness (QED) is 0.657. The van der Waals surface area contributed by atoms with Gasteiger partial charge in [0.2, 0.25) is 0 Å². The van der Waals surface area contributed by atoms with Crippen molar-refractivity contribution in [3.8, 4) is 0 Å². The summed E-state index contributed by atoms with van der Waals surface area (Å²) in [6, 6.07) is 0. The summed E-state index contributed by atoms with van der Waals surface area (Å²) in [4.78, 5) is 19.7. The summed E-state index contributed by atoms with van der Waals surface area (Å²) >= 11 is 1.36. The van der Waals surface area contributed by atoms with Crippen molar-refractivity contribution in [1.82, 2.24) is 9.97 Å². The highest BCUT2D eigenvalue weighted by molar-refractivity contribution is 8.00. The Labute approximate surface area is 105 Å². The second-order valence-electron chi connectivity index (χ2n) is 4.58. The van der Waals surface area contributed by atoms with Crippen molar-refractivity contribution in [2.24, 2.45) is 5.92 Å². The third-order valence-electron chi connectivity index (χ3n) is 2.92. The van der Waals surface area contributed by atoms with Gasteiger partial charge in [-0.25, -0.2) is 9.97 Å². The number of nitrogens with zero attached hydrogens (tertiary/aromatic N) is 2. The molecule has 1 aliphatic carbocycles. The van der Waals surface area contributed by atoms with E-state index >= 15 is 0 Å². The van der Waals surface area contributed by atoms with Crippen LogP contribution < -0.4 is 0 Å². The van der Waals surface area contributed by atoms with Gasteiger partial charge in [0.05, 0.1) is 0 Å². The smallest absolute Gasteiger partial charge is 0.317 e. The van der Waals surface area contributed by atoms with Gasteiger partial charge in [-0.2, -0.15) is 0 Å². The largest absolute Gasteiger partial charge is 0.480 e. The van der Waals surface area contributed by atoms with Crippen LogP contribution in [0.3, 0.4) is 0 Å². The van der Waals surface area contributed by atoms with Gasteiger partial charge in [0, 0.05) is 11.3 Å². The molecule has 0 radical (unpaired) electrons. The molecule has 0 bridgehead atoms. The van der Waals surface area contributed by atoms with Crippen LogP contribution in [0.1, 0.15) is 31.5 Å². The lowest BCUT2D eigenvalue weighted by Crippen LogP contribution is -2.22. The molecule has 0 saturated carbocycles. The van der Waals surface area contributed by atoms with Crippen LogP contribution in [0, 0.1) is 5.92 Å². The average Bonchev–Trinajstić information content (AvgIpc) is 2.73. The molecule has 1 aromatic heterocycles. The zero-order valence-corrected chi connectivity index (χ0v) is 10.8. The van der Waals surface area contributed by atoms with Crippen molar-refractivity contribution in [2.75, 3.05) is 0 Å². The summed E-state index contributed by atoms with van der Waals surface area (Å²) in [6.07, 6.45) is 4.61. The van der Waals surface area contributed by atoms with Crippen molar-refractivity contribution in [1.29, 1.82) is 0 Å². The van der Waals surface area contributed by atoms with Crippen LogP contribution in [-0.4, -0.2) is 26.3 Å². The van der Waals surface area contributed by atoms with E-state index in [0.717, 1.165) is 35.5 Å². The van der Waals surface area contributed by atoms with Crippen LogP contribution in [0.5, 0.6) is 0 Å². The molecule has 1 aliphatic rings. The van der Waals surface area contributed by atoms with Crippen molar-refractivity contribution in [3.63, 3.8) is 0 Å². The van der Waals surface area contributed by atoms with Crippen LogP contribution in [0.2, 0.25) is 0 Å². The lowest BCUT2D eigenvalue weighted by atomic mass is 10.1. The first-order valence-corrected chi connectivity index (χ1v) is 6.69. The minimum absolute atomic E-state index is 0.0875. The molecule has 0 aromatic carbocycles. The number of carboxylic acid groups (broad SMARTS) is 1. The first-order chi connectivity index (χ1) is 8.09. The van der Waals surface area contributed by atoms with Crippen molar-refractivity contribution >= 4 is 17.7 Å². The molecule has 1 aromatic rings. The maximum Gasteiger partial charge on any atom is 0.317 e. The number of rotatable bonds is 4. The maximum atomic E-state index is 11.2. The van der Waals surface area contributed by atoms with E-state index in [1.165, 1.54) is 11.8 Å². The molecule has 17 heavy (non-hydrogen) atoms. The SMILES string of the molecule is CC(C)C(Sc1ncnc2c1CCC2)C(=O)O. The van der Waals surface area contributed by atoms with E-state index in [9.17, 15) is 9.90 Å². The van der Waals surface area contributed by atoms with Gasteiger partial charge in [-0.05, 0) is 25.2 Å². The number of hydrogen-bond acceptors (Lipinski definition) is 4. The van der Waals surface area contributed by atoms with Gasteiger partial charge in [0.1, 0.15) is 16.6 Å². The molecule has 1 heterocycles. The first kappa shape index (κ1) is 12.4. The fraction of sp³-hybridized carbons (Fsp3) is 0.583. The topological polar surface area (TPSA) is 63.1 Å². The summed E-state index contributed by atoms with van der Waals surface area (Å²) in [6.45, 7) is 3.85. The standard InChI is InChI=1S/C12H16N2O2S/c1-7(2)10(12(15)16)17-11-8-4-3-5-9(8)13-6-14-11/h6-7,10H,3-5H2,1-2H3,(H,15,16). The van der Waals surface area contributed by atoms with E-state index in [0.29, 0.717) is 0 Å². The van der Waals surface area contributed by atoms with Gasteiger partial charge in [-0.3, -0.25) is 4.79 Å². The number of thioether (sulfide) groups is 1. The van der Waals surface area contributed by atoms with Gasteiger partial charge in [-0.15, -0.1) is 0 Å². The minimum atomic E-state index is -0.768. The highest BCUT2D eigenvalue weighted by Gasteiger charge is 2.26. The zero-order chi connectivity index (χ0) is 12.4. The van der Waals surface area contributed by atoms with Gasteiger partial charge >= 0.3 is 5.97 Å². The molecule has 1 N–H and O–H groups in total. The zero-order valence-electron chi connectivity index (χ0n) is 10.0. The Morgan fingerprint density at radius 2 is 2.18 bits per heavy atom. The molecule has 92 valence electrons. The summed E-state index contributed by atoms with van der Waals surface area (Å²) < 4.78 is 0. The Morgan fingerprint density at radius 3 is 2.82 bits per heavy atom. The Morgan fingerprint density at radius 1 is 1.41 bits per heavy atom. The summed E-state index contributed by atoms with van der Waals surface area (Å²) in [5.41, 5.74) is 2.25. The number of hydrogen-bond donors (Lipinski definition) is 1. The second kappa shape index (κ2) is 5.04. The van der Waals surface area contributed by atoms with Gasteiger partial charge in [-0.1, -0.05) is 25.6 Å². The fourth-order valence-electron chi connectivity index (χ4n) is 2.02. The normalized spacial score (nSPS) is 15.9. The lowest BCUT2D eigenvalue weighted by molar-refractivity contribution is -0.137. The Kier molecular flexibility index (Phi) is 3.66. The predicted octanol–water partition coefficient (Wildman–Crippen LogP) is 2.17. The molecule has 0 fully saturated rings. The van der Waals surface area contributed by atoms with Gasteiger partial charge in [0.15, 0.2) is 0 Å². The van der Waals surface area contributed by atoms with Gasteiger partial charge in [0.25, 0.3) is 0 Å². The first-order valence-electron chi connectivity index (χ1n) is 5.81. The number of fused-ring (bicyclic) bond motifs is 1. The van der Waals surface area contributed by atoms with E-state index in [4.69, 9.17) is 0 Å². The maximum absolute atomic E-state index is 11.2. The third-order valence-corrected chi connectivity index (χ3v) is 4.50. The Hall–Kier alpha value is -1.10. The number of aromatic nitrogens is 2. The highest BCUT2D eigenvalue weighted by atomic mass is 32.2. The Balaban J connectivity index is 2.24. The van der Waals surface area contributed by atoms with Gasteiger partial charge < -0.3 is 5.11 Å². The van der Waals surface area contributed by atoms with E-state index in [-0.39, 0.29) is 5.92 Å². The van der Waals surface area contributed by atoms with Crippen LogP contribution in [-0.2, 0) is 17.6 Å². The van der Waals surface area contributed by atoms with E-state index in [1.807, 2.05) is 13.8 Å². The van der Waals surface area contributed by atoms with Crippen LogP contribution in [0.4, 0.5) is 0 Å². The summed E-state index contributed by atoms with van der Waals surface area (Å²) in [7, 11) is 0. The number of carboxylic acids is 1. The number of carbonyl (C=O) groups is 1. The van der Waals surface area contributed by atoms with Crippen LogP contribution in [0.25, 0.3) is 0 Å². The molecule has 0 saturated heterocycles. The number of aryl methyl sites for hydroxylation is 1. The van der Waals surface area contributed by atoms with Crippen LogP contribution >= 0.6 is 11.8 Å². The second-order valence-corrected chi connectivity index (χ2v) is 5.71. The molecule has 0 spiro atoms. The summed E-state index contributed by atoms with van der Waals surface area (Å²) in [5, 5.41) is 9.61. The minimum Gasteiger partial charge on any atom is -0.480 e. The number of aliphatic carboxylic acids is 1. The Bertz CT molecular complexity index is 435. The van der Waals surface area contributed by atoms with Crippen LogP contribution in [0.15, 0.2) is 11.4 Å². The van der Waals surface area contributed by atoms with E-state index in [1.54, 1.807) is 6.33 Å². The molecule has 0 aliphatic heterocycles. The monoisotopic (exact) mass is 252 g/mol. The molecule has 2 rings (SSSR count). The lowest BCUT2D eigenvalue weighted by Gasteiger charge is -2.16. The summed E-state index contributed by atoms with van der Waals surface area (Å²) in [5.74, 6) is -0.681.